The van der Waals surface area contributed by atoms with Gasteiger partial charge in [-0.1, -0.05) is 0 Å². The lowest BCUT2D eigenvalue weighted by Crippen LogP contribution is -2.29. The molecule has 1 fully saturated rings. The molecule has 0 aliphatic heterocycles. The molecule has 104 valence electrons. The smallest absolute Gasteiger partial charge is 0.309 e. The average molecular weight is 260 g/mol. The summed E-state index contributed by atoms with van der Waals surface area (Å²) < 4.78 is 9.71. The van der Waals surface area contributed by atoms with Crippen molar-refractivity contribution in [2.45, 2.75) is 25.7 Å². The fraction of sp³-hybridized carbons (Fsp3) is 0.833. The second kappa shape index (κ2) is 8.05. The molecule has 0 unspecified atom stereocenters. The zero-order valence-electron chi connectivity index (χ0n) is 10.3. The van der Waals surface area contributed by atoms with E-state index in [4.69, 9.17) is 19.7 Å². The first kappa shape index (κ1) is 14.9. The van der Waals surface area contributed by atoms with Crippen LogP contribution >= 0.6 is 0 Å². The van der Waals surface area contributed by atoms with Crippen molar-refractivity contribution >= 4 is 11.9 Å². The maximum Gasteiger partial charge on any atom is 0.309 e. The third kappa shape index (κ3) is 4.62. The van der Waals surface area contributed by atoms with E-state index in [0.717, 1.165) is 0 Å². The molecule has 0 spiro atoms. The highest BCUT2D eigenvalue weighted by Gasteiger charge is 2.31. The highest BCUT2D eigenvalue weighted by molar-refractivity contribution is 5.75. The standard InChI is InChI=1S/C12H20O6/c13-5-7-17-11(15)9-1-2-10(4-3-9)12(16)18-8-6-14/h9-10,13-14H,1-8H2/t9-,10-. The first-order valence-corrected chi connectivity index (χ1v) is 6.24. The van der Waals surface area contributed by atoms with Crippen molar-refractivity contribution in [2.24, 2.45) is 11.8 Å². The first-order valence-electron chi connectivity index (χ1n) is 6.24. The first-order chi connectivity index (χ1) is 8.69. The summed E-state index contributed by atoms with van der Waals surface area (Å²) in [5.41, 5.74) is 0. The molecule has 18 heavy (non-hydrogen) atoms. The van der Waals surface area contributed by atoms with Crippen molar-refractivity contribution in [1.82, 2.24) is 0 Å². The fourth-order valence-electron chi connectivity index (χ4n) is 2.09. The van der Waals surface area contributed by atoms with Gasteiger partial charge in [-0.2, -0.15) is 0 Å². The number of hydrogen-bond donors (Lipinski definition) is 2. The lowest BCUT2D eigenvalue weighted by molar-refractivity contribution is -0.156. The lowest BCUT2D eigenvalue weighted by atomic mass is 9.82. The summed E-state index contributed by atoms with van der Waals surface area (Å²) in [4.78, 5) is 23.0. The van der Waals surface area contributed by atoms with Crippen molar-refractivity contribution < 1.29 is 29.3 Å². The highest BCUT2D eigenvalue weighted by atomic mass is 16.5. The van der Waals surface area contributed by atoms with E-state index in [1.807, 2.05) is 0 Å². The van der Waals surface area contributed by atoms with Crippen molar-refractivity contribution in [3.63, 3.8) is 0 Å². The van der Waals surface area contributed by atoms with Gasteiger partial charge in [0.1, 0.15) is 13.2 Å². The van der Waals surface area contributed by atoms with Gasteiger partial charge in [0, 0.05) is 0 Å². The normalized spacial score (nSPS) is 23.4. The number of hydrogen-bond acceptors (Lipinski definition) is 6. The minimum Gasteiger partial charge on any atom is -0.463 e. The van der Waals surface area contributed by atoms with Crippen molar-refractivity contribution in [3.05, 3.63) is 0 Å². The molecule has 0 amide bonds. The molecular weight excluding hydrogens is 240 g/mol. The van der Waals surface area contributed by atoms with E-state index in [-0.39, 0.29) is 50.2 Å². The third-order valence-electron chi connectivity index (χ3n) is 3.07. The van der Waals surface area contributed by atoms with Gasteiger partial charge >= 0.3 is 11.9 Å². The maximum atomic E-state index is 11.5. The van der Waals surface area contributed by atoms with Crippen LogP contribution in [0.2, 0.25) is 0 Å². The Bertz CT molecular complexity index is 242. The molecule has 0 atom stereocenters. The molecule has 0 heterocycles. The third-order valence-corrected chi connectivity index (χ3v) is 3.07. The van der Waals surface area contributed by atoms with Gasteiger partial charge in [-0.15, -0.1) is 0 Å². The molecule has 6 nitrogen and oxygen atoms in total. The van der Waals surface area contributed by atoms with E-state index in [1.54, 1.807) is 0 Å². The highest BCUT2D eigenvalue weighted by Crippen LogP contribution is 2.30. The topological polar surface area (TPSA) is 93.1 Å². The van der Waals surface area contributed by atoms with Crippen molar-refractivity contribution in [3.8, 4) is 0 Å². The minimum absolute atomic E-state index is 0.0251. The summed E-state index contributed by atoms with van der Waals surface area (Å²) in [5, 5.41) is 17.1. The van der Waals surface area contributed by atoms with Crippen LogP contribution in [0.15, 0.2) is 0 Å². The van der Waals surface area contributed by atoms with Gasteiger partial charge in [0.15, 0.2) is 0 Å². The zero-order chi connectivity index (χ0) is 13.4. The van der Waals surface area contributed by atoms with Gasteiger partial charge in [0.25, 0.3) is 0 Å². The molecule has 6 heteroatoms. The van der Waals surface area contributed by atoms with Crippen LogP contribution in [0.3, 0.4) is 0 Å². The molecule has 1 rings (SSSR count). The number of aliphatic hydroxyl groups excluding tert-OH is 2. The zero-order valence-corrected chi connectivity index (χ0v) is 10.3. The average Bonchev–Trinajstić information content (AvgIpc) is 2.42. The van der Waals surface area contributed by atoms with Gasteiger partial charge in [-0.3, -0.25) is 9.59 Å². The summed E-state index contributed by atoms with van der Waals surface area (Å²) in [6, 6.07) is 0. The Morgan fingerprint density at radius 2 is 1.17 bits per heavy atom. The maximum absolute atomic E-state index is 11.5. The molecule has 1 saturated carbocycles. The van der Waals surface area contributed by atoms with E-state index < -0.39 is 0 Å². The fourth-order valence-corrected chi connectivity index (χ4v) is 2.09. The van der Waals surface area contributed by atoms with E-state index in [2.05, 4.69) is 0 Å². The van der Waals surface area contributed by atoms with Crippen molar-refractivity contribution in [1.29, 1.82) is 0 Å². The molecular formula is C12H20O6. The summed E-state index contributed by atoms with van der Waals surface area (Å²) in [5.74, 6) is -0.964. The Labute approximate surface area is 106 Å². The van der Waals surface area contributed by atoms with Gasteiger partial charge in [-0.05, 0) is 25.7 Å². The molecule has 0 aromatic rings. The van der Waals surface area contributed by atoms with E-state index in [1.165, 1.54) is 0 Å². The number of esters is 2. The monoisotopic (exact) mass is 260 g/mol. The minimum atomic E-state index is -0.300. The second-order valence-corrected chi connectivity index (χ2v) is 4.33. The Balaban J connectivity index is 2.27. The number of aliphatic hydroxyl groups is 2. The van der Waals surface area contributed by atoms with Gasteiger partial charge < -0.3 is 19.7 Å². The van der Waals surface area contributed by atoms with Gasteiger partial charge in [0.2, 0.25) is 0 Å². The van der Waals surface area contributed by atoms with Crippen molar-refractivity contribution in [2.75, 3.05) is 26.4 Å². The van der Waals surface area contributed by atoms with Crippen LogP contribution in [0, 0.1) is 11.8 Å². The van der Waals surface area contributed by atoms with E-state index in [9.17, 15) is 9.59 Å². The molecule has 2 N–H and O–H groups in total. The van der Waals surface area contributed by atoms with Crippen LogP contribution in [-0.4, -0.2) is 48.6 Å². The van der Waals surface area contributed by atoms with Crippen LogP contribution in [0.5, 0.6) is 0 Å². The number of ether oxygens (including phenoxy) is 2. The Morgan fingerprint density at radius 1 is 0.833 bits per heavy atom. The largest absolute Gasteiger partial charge is 0.463 e. The predicted octanol–water partition coefficient (Wildman–Crippen LogP) is -0.136. The predicted molar refractivity (Wildman–Crippen MR) is 61.5 cm³/mol. The molecule has 0 saturated heterocycles. The Morgan fingerprint density at radius 3 is 1.44 bits per heavy atom. The van der Waals surface area contributed by atoms with Crippen LogP contribution in [0.25, 0.3) is 0 Å². The Hall–Kier alpha value is -1.14. The molecule has 0 radical (unpaired) electrons. The SMILES string of the molecule is O=C(OCCO)[C@H]1CC[C@H](C(=O)OCCO)CC1. The van der Waals surface area contributed by atoms with Gasteiger partial charge in [-0.25, -0.2) is 0 Å². The second-order valence-electron chi connectivity index (χ2n) is 4.33. The molecule has 1 aliphatic rings. The number of carbonyl (C=O) groups is 2. The molecule has 0 aromatic heterocycles. The van der Waals surface area contributed by atoms with Crippen LogP contribution in [0.4, 0.5) is 0 Å². The number of rotatable bonds is 6. The summed E-state index contributed by atoms with van der Waals surface area (Å²) >= 11 is 0. The number of carbonyl (C=O) groups excluding carboxylic acids is 2. The van der Waals surface area contributed by atoms with Gasteiger partial charge in [0.05, 0.1) is 25.0 Å². The lowest BCUT2D eigenvalue weighted by Gasteiger charge is -2.25. The summed E-state index contributed by atoms with van der Waals surface area (Å²) in [6.45, 7) is -0.294. The van der Waals surface area contributed by atoms with Crippen LogP contribution in [-0.2, 0) is 19.1 Å². The molecule has 1 aliphatic carbocycles. The summed E-state index contributed by atoms with van der Waals surface area (Å²) in [7, 11) is 0. The Kier molecular flexibility index (Phi) is 6.67. The summed E-state index contributed by atoms with van der Waals surface area (Å²) in [6.07, 6.45) is 2.40. The molecule has 0 aromatic carbocycles. The van der Waals surface area contributed by atoms with E-state index >= 15 is 0 Å². The van der Waals surface area contributed by atoms with Crippen LogP contribution < -0.4 is 0 Å². The van der Waals surface area contributed by atoms with Crippen LogP contribution in [0.1, 0.15) is 25.7 Å². The molecule has 0 bridgehead atoms. The van der Waals surface area contributed by atoms with E-state index in [0.29, 0.717) is 25.7 Å². The quantitative estimate of drug-likeness (QED) is 0.646.